The number of methoxy groups -OCH3 is 3. The summed E-state index contributed by atoms with van der Waals surface area (Å²) in [6.07, 6.45) is 0. The van der Waals surface area contributed by atoms with Crippen LogP contribution in [0.3, 0.4) is 0 Å². The van der Waals surface area contributed by atoms with Crippen molar-refractivity contribution in [2.24, 2.45) is 0 Å². The van der Waals surface area contributed by atoms with E-state index in [9.17, 15) is 4.79 Å². The van der Waals surface area contributed by atoms with Crippen molar-refractivity contribution in [3.05, 3.63) is 75.8 Å². The van der Waals surface area contributed by atoms with Gasteiger partial charge >= 0.3 is 0 Å². The van der Waals surface area contributed by atoms with Crippen LogP contribution in [0.1, 0.15) is 15.9 Å². The summed E-state index contributed by atoms with van der Waals surface area (Å²) in [4.78, 5) is 17.5. The maximum absolute atomic E-state index is 12.8. The minimum atomic E-state index is -0.427. The van der Waals surface area contributed by atoms with E-state index in [-0.39, 0.29) is 5.11 Å². The average molecular weight is 590 g/mol. The first kappa shape index (κ1) is 28.8. The standard InChI is InChI=1S/C28H30Cl2N4O4S/c1-36-24-14-19(15-25(37-2)26(24)38-3)27(35)32-28(39)31-20-8-9-23(22(30)16-20)34-12-10-33(11-13-34)17-18-6-4-5-7-21(18)29/h4-9,14-16H,10-13,17H2,1-3H3,(H2,31,32,35,39). The summed E-state index contributed by atoms with van der Waals surface area (Å²) in [6, 6.07) is 16.7. The van der Waals surface area contributed by atoms with Crippen molar-refractivity contribution in [1.29, 1.82) is 0 Å². The molecule has 206 valence electrons. The van der Waals surface area contributed by atoms with E-state index in [4.69, 9.17) is 49.6 Å². The summed E-state index contributed by atoms with van der Waals surface area (Å²) >= 11 is 18.3. The summed E-state index contributed by atoms with van der Waals surface area (Å²) in [6.45, 7) is 4.32. The Hall–Kier alpha value is -3.24. The third-order valence-electron chi connectivity index (χ3n) is 6.42. The SMILES string of the molecule is COc1cc(C(=O)NC(=S)Nc2ccc(N3CCN(Cc4ccccc4Cl)CC3)c(Cl)c2)cc(OC)c1OC. The highest BCUT2D eigenvalue weighted by Crippen LogP contribution is 2.38. The minimum Gasteiger partial charge on any atom is -0.493 e. The third kappa shape index (κ3) is 7.05. The second-order valence-corrected chi connectivity index (χ2v) is 10.1. The van der Waals surface area contributed by atoms with Gasteiger partial charge < -0.3 is 24.4 Å². The molecule has 0 bridgehead atoms. The molecule has 1 amide bonds. The van der Waals surface area contributed by atoms with Gasteiger partial charge in [0, 0.05) is 49.0 Å². The topological polar surface area (TPSA) is 75.3 Å². The molecule has 1 heterocycles. The molecule has 1 aliphatic heterocycles. The molecule has 3 aromatic carbocycles. The number of rotatable bonds is 8. The fourth-order valence-electron chi connectivity index (χ4n) is 4.41. The Balaban J connectivity index is 1.34. The van der Waals surface area contributed by atoms with Crippen LogP contribution in [0.25, 0.3) is 0 Å². The molecule has 0 atom stereocenters. The molecule has 4 rings (SSSR count). The highest BCUT2D eigenvalue weighted by atomic mass is 35.5. The Kier molecular flexibility index (Phi) is 9.74. The van der Waals surface area contributed by atoms with Crippen LogP contribution in [-0.4, -0.2) is 63.4 Å². The zero-order chi connectivity index (χ0) is 27.9. The van der Waals surface area contributed by atoms with Crippen molar-refractivity contribution < 1.29 is 19.0 Å². The predicted octanol–water partition coefficient (Wildman–Crippen LogP) is 5.47. The van der Waals surface area contributed by atoms with Crippen LogP contribution < -0.4 is 29.7 Å². The summed E-state index contributed by atoms with van der Waals surface area (Å²) < 4.78 is 16.0. The number of ether oxygens (including phenoxy) is 3. The van der Waals surface area contributed by atoms with Gasteiger partial charge in [-0.1, -0.05) is 41.4 Å². The first-order valence-electron chi connectivity index (χ1n) is 12.3. The summed E-state index contributed by atoms with van der Waals surface area (Å²) in [5.41, 5.74) is 3.05. The Morgan fingerprint density at radius 2 is 1.56 bits per heavy atom. The van der Waals surface area contributed by atoms with Crippen molar-refractivity contribution in [3.63, 3.8) is 0 Å². The van der Waals surface area contributed by atoms with E-state index in [0.717, 1.165) is 49.0 Å². The zero-order valence-electron chi connectivity index (χ0n) is 21.9. The van der Waals surface area contributed by atoms with Gasteiger partial charge in [-0.05, 0) is 54.2 Å². The van der Waals surface area contributed by atoms with Gasteiger partial charge in [-0.15, -0.1) is 0 Å². The number of hydrogen-bond acceptors (Lipinski definition) is 7. The van der Waals surface area contributed by atoms with E-state index in [1.54, 1.807) is 18.2 Å². The highest BCUT2D eigenvalue weighted by Gasteiger charge is 2.21. The fraction of sp³-hybridized carbons (Fsp3) is 0.286. The van der Waals surface area contributed by atoms with Crippen molar-refractivity contribution in [2.45, 2.75) is 6.54 Å². The second kappa shape index (κ2) is 13.2. The molecule has 0 aliphatic carbocycles. The van der Waals surface area contributed by atoms with Crippen LogP contribution in [0, 0.1) is 0 Å². The molecule has 3 aromatic rings. The van der Waals surface area contributed by atoms with Gasteiger partial charge in [-0.2, -0.15) is 0 Å². The lowest BCUT2D eigenvalue weighted by atomic mass is 10.1. The van der Waals surface area contributed by atoms with Crippen molar-refractivity contribution >= 4 is 57.8 Å². The lowest BCUT2D eigenvalue weighted by Gasteiger charge is -2.36. The fourth-order valence-corrected chi connectivity index (χ4v) is 5.11. The number of halogens is 2. The number of thiocarbonyl (C=S) groups is 1. The van der Waals surface area contributed by atoms with Crippen LogP contribution in [-0.2, 0) is 6.54 Å². The first-order chi connectivity index (χ1) is 18.8. The monoisotopic (exact) mass is 588 g/mol. The van der Waals surface area contributed by atoms with E-state index in [2.05, 4.69) is 26.5 Å². The largest absolute Gasteiger partial charge is 0.493 e. The van der Waals surface area contributed by atoms with Gasteiger partial charge in [0.05, 0.1) is 32.0 Å². The molecule has 2 N–H and O–H groups in total. The van der Waals surface area contributed by atoms with E-state index in [1.807, 2.05) is 30.3 Å². The first-order valence-corrected chi connectivity index (χ1v) is 13.4. The zero-order valence-corrected chi connectivity index (χ0v) is 24.3. The number of anilines is 2. The normalized spacial score (nSPS) is 13.5. The van der Waals surface area contributed by atoms with Crippen LogP contribution in [0.4, 0.5) is 11.4 Å². The predicted molar refractivity (Wildman–Crippen MR) is 160 cm³/mol. The van der Waals surface area contributed by atoms with Crippen molar-refractivity contribution in [3.8, 4) is 17.2 Å². The van der Waals surface area contributed by atoms with Gasteiger partial charge in [0.1, 0.15) is 0 Å². The van der Waals surface area contributed by atoms with Crippen LogP contribution >= 0.6 is 35.4 Å². The molecular weight excluding hydrogens is 559 g/mol. The summed E-state index contributed by atoms with van der Waals surface area (Å²) in [5.74, 6) is 0.707. The van der Waals surface area contributed by atoms with Crippen LogP contribution in [0.5, 0.6) is 17.2 Å². The Morgan fingerprint density at radius 1 is 0.897 bits per heavy atom. The molecule has 0 unspecified atom stereocenters. The number of piperazine rings is 1. The number of benzene rings is 3. The van der Waals surface area contributed by atoms with Crippen molar-refractivity contribution in [1.82, 2.24) is 10.2 Å². The molecule has 1 aliphatic rings. The molecule has 11 heteroatoms. The number of nitrogens with one attached hydrogen (secondary N) is 2. The molecule has 8 nitrogen and oxygen atoms in total. The van der Waals surface area contributed by atoms with E-state index >= 15 is 0 Å². The minimum absolute atomic E-state index is 0.130. The smallest absolute Gasteiger partial charge is 0.257 e. The number of hydrogen-bond donors (Lipinski definition) is 2. The number of amides is 1. The van der Waals surface area contributed by atoms with Gasteiger partial charge in [0.25, 0.3) is 5.91 Å². The van der Waals surface area contributed by atoms with E-state index < -0.39 is 5.91 Å². The average Bonchev–Trinajstić information content (AvgIpc) is 2.94. The Bertz CT molecular complexity index is 1320. The van der Waals surface area contributed by atoms with Gasteiger partial charge in [-0.25, -0.2) is 0 Å². The molecule has 0 spiro atoms. The molecule has 1 saturated heterocycles. The molecule has 0 radical (unpaired) electrons. The third-order valence-corrected chi connectivity index (χ3v) is 7.30. The lowest BCUT2D eigenvalue weighted by molar-refractivity contribution is 0.0977. The Morgan fingerprint density at radius 3 is 2.15 bits per heavy atom. The van der Waals surface area contributed by atoms with E-state index in [1.165, 1.54) is 21.3 Å². The van der Waals surface area contributed by atoms with Gasteiger partial charge in [-0.3, -0.25) is 15.0 Å². The van der Waals surface area contributed by atoms with Gasteiger partial charge in [0.2, 0.25) is 5.75 Å². The number of nitrogens with zero attached hydrogens (tertiary/aromatic N) is 2. The van der Waals surface area contributed by atoms with Crippen LogP contribution in [0.2, 0.25) is 10.0 Å². The highest BCUT2D eigenvalue weighted by molar-refractivity contribution is 7.80. The molecule has 0 aromatic heterocycles. The van der Waals surface area contributed by atoms with Crippen molar-refractivity contribution in [2.75, 3.05) is 57.7 Å². The molecule has 1 fully saturated rings. The lowest BCUT2D eigenvalue weighted by Crippen LogP contribution is -2.46. The molecule has 0 saturated carbocycles. The molecule has 39 heavy (non-hydrogen) atoms. The molecular formula is C28H30Cl2N4O4S. The Labute approximate surface area is 243 Å². The number of carbonyl (C=O) groups is 1. The second-order valence-electron chi connectivity index (χ2n) is 8.84. The maximum Gasteiger partial charge on any atom is 0.257 e. The number of carbonyl (C=O) groups excluding carboxylic acids is 1. The van der Waals surface area contributed by atoms with Crippen LogP contribution in [0.15, 0.2) is 54.6 Å². The van der Waals surface area contributed by atoms with Gasteiger partial charge in [0.15, 0.2) is 16.6 Å². The quantitative estimate of drug-likeness (QED) is 0.336. The summed E-state index contributed by atoms with van der Waals surface area (Å²) in [7, 11) is 4.47. The summed E-state index contributed by atoms with van der Waals surface area (Å²) in [5, 5.41) is 7.21. The maximum atomic E-state index is 12.8. The van der Waals surface area contributed by atoms with E-state index in [0.29, 0.717) is 33.5 Å².